The number of ether oxygens (including phenoxy) is 3. The lowest BCUT2D eigenvalue weighted by Gasteiger charge is -2.31. The van der Waals surface area contributed by atoms with E-state index in [9.17, 15) is 0 Å². The van der Waals surface area contributed by atoms with Gasteiger partial charge >= 0.3 is 0 Å². The molecule has 0 aromatic carbocycles. The van der Waals surface area contributed by atoms with Gasteiger partial charge < -0.3 is 14.2 Å². The average molecular weight is 280 g/mol. The predicted octanol–water partition coefficient (Wildman–Crippen LogP) is 3.45. The van der Waals surface area contributed by atoms with Crippen molar-refractivity contribution in [3.63, 3.8) is 0 Å². The van der Waals surface area contributed by atoms with Gasteiger partial charge in [-0.2, -0.15) is 0 Å². The van der Waals surface area contributed by atoms with Crippen LogP contribution < -0.4 is 0 Å². The van der Waals surface area contributed by atoms with Crippen molar-refractivity contribution >= 4 is 0 Å². The van der Waals surface area contributed by atoms with E-state index in [2.05, 4.69) is 12.2 Å². The van der Waals surface area contributed by atoms with Crippen molar-refractivity contribution in [2.75, 3.05) is 21.3 Å². The van der Waals surface area contributed by atoms with Gasteiger partial charge in [0.1, 0.15) is 0 Å². The van der Waals surface area contributed by atoms with Gasteiger partial charge in [-0.25, -0.2) is 0 Å². The van der Waals surface area contributed by atoms with Gasteiger partial charge in [-0.1, -0.05) is 12.2 Å². The minimum atomic E-state index is -0.875. The molecule has 3 fully saturated rings. The Morgan fingerprint density at radius 2 is 1.25 bits per heavy atom. The molecule has 0 heterocycles. The summed E-state index contributed by atoms with van der Waals surface area (Å²) >= 11 is 0. The van der Waals surface area contributed by atoms with Gasteiger partial charge in [0.15, 0.2) is 0 Å². The highest BCUT2D eigenvalue weighted by Gasteiger charge is 2.57. The molecule has 4 rings (SSSR count). The summed E-state index contributed by atoms with van der Waals surface area (Å²) in [5.74, 6) is 5.78. The number of fused-ring (bicyclic) bond motifs is 9. The van der Waals surface area contributed by atoms with Gasteiger partial charge in [-0.15, -0.1) is 0 Å². The molecule has 3 saturated carbocycles. The molecule has 4 aliphatic carbocycles. The highest BCUT2D eigenvalue weighted by molar-refractivity contribution is 5.19. The van der Waals surface area contributed by atoms with E-state index in [4.69, 9.17) is 14.2 Å². The fourth-order valence-electron chi connectivity index (χ4n) is 5.23. The van der Waals surface area contributed by atoms with Gasteiger partial charge in [-0.3, -0.25) is 0 Å². The van der Waals surface area contributed by atoms with Crippen LogP contribution in [0, 0.1) is 35.5 Å². The zero-order valence-electron chi connectivity index (χ0n) is 13.2. The van der Waals surface area contributed by atoms with E-state index in [1.54, 1.807) is 26.2 Å². The Morgan fingerprint density at radius 3 is 1.60 bits per heavy atom. The SMILES string of the molecule is C1=CC2CC1C1C3CCC(C3)C21.COC(C)(OC)OC. The monoisotopic (exact) mass is 280 g/mol. The first kappa shape index (κ1) is 14.6. The Labute approximate surface area is 122 Å². The number of hydrogen-bond acceptors (Lipinski definition) is 3. The van der Waals surface area contributed by atoms with Crippen LogP contribution in [0.1, 0.15) is 32.6 Å². The molecule has 6 unspecified atom stereocenters. The van der Waals surface area contributed by atoms with Crippen molar-refractivity contribution in [1.82, 2.24) is 0 Å². The Kier molecular flexibility index (Phi) is 3.95. The largest absolute Gasteiger partial charge is 0.331 e. The van der Waals surface area contributed by atoms with Gasteiger partial charge in [0, 0.05) is 28.3 Å². The van der Waals surface area contributed by atoms with Crippen LogP contribution in [0.5, 0.6) is 0 Å². The van der Waals surface area contributed by atoms with Gasteiger partial charge in [0.2, 0.25) is 0 Å². The maximum Gasteiger partial charge on any atom is 0.279 e. The molecule has 3 heteroatoms. The van der Waals surface area contributed by atoms with E-state index < -0.39 is 5.97 Å². The molecule has 0 amide bonds. The van der Waals surface area contributed by atoms with E-state index in [1.807, 2.05) is 0 Å². The quantitative estimate of drug-likeness (QED) is 0.450. The fourth-order valence-corrected chi connectivity index (χ4v) is 5.23. The van der Waals surface area contributed by atoms with Crippen LogP contribution in [-0.4, -0.2) is 27.3 Å². The van der Waals surface area contributed by atoms with Crippen LogP contribution in [-0.2, 0) is 14.2 Å². The van der Waals surface area contributed by atoms with E-state index in [0.717, 1.165) is 35.5 Å². The molecule has 4 aliphatic rings. The lowest BCUT2D eigenvalue weighted by Crippen LogP contribution is -2.31. The molecule has 0 aromatic rings. The summed E-state index contributed by atoms with van der Waals surface area (Å²) in [5, 5.41) is 0. The predicted molar refractivity (Wildman–Crippen MR) is 78.0 cm³/mol. The van der Waals surface area contributed by atoms with Crippen molar-refractivity contribution in [1.29, 1.82) is 0 Å². The molecule has 0 aromatic heterocycles. The minimum Gasteiger partial charge on any atom is -0.331 e. The van der Waals surface area contributed by atoms with Gasteiger partial charge in [-0.05, 0) is 61.2 Å². The molecule has 4 bridgehead atoms. The molecule has 0 saturated heterocycles. The van der Waals surface area contributed by atoms with Crippen LogP contribution in [0.15, 0.2) is 12.2 Å². The maximum absolute atomic E-state index is 4.79. The topological polar surface area (TPSA) is 27.7 Å². The smallest absolute Gasteiger partial charge is 0.279 e. The summed E-state index contributed by atoms with van der Waals surface area (Å²) in [5.41, 5.74) is 0. The molecular weight excluding hydrogens is 252 g/mol. The average Bonchev–Trinajstić information content (AvgIpc) is 3.25. The highest BCUT2D eigenvalue weighted by Crippen LogP contribution is 2.65. The normalized spacial score (nSPS) is 43.6. The zero-order chi connectivity index (χ0) is 14.3. The number of hydrogen-bond donors (Lipinski definition) is 0. The van der Waals surface area contributed by atoms with Crippen molar-refractivity contribution in [2.24, 2.45) is 35.5 Å². The van der Waals surface area contributed by atoms with Crippen molar-refractivity contribution < 1.29 is 14.2 Å². The maximum atomic E-state index is 4.79. The Morgan fingerprint density at radius 1 is 0.800 bits per heavy atom. The second-order valence-corrected chi connectivity index (χ2v) is 6.91. The molecule has 0 aliphatic heterocycles. The second kappa shape index (κ2) is 5.43. The first-order chi connectivity index (χ1) is 9.61. The third-order valence-electron chi connectivity index (χ3n) is 6.30. The summed E-state index contributed by atoms with van der Waals surface area (Å²) in [7, 11) is 4.56. The lowest BCUT2D eigenvalue weighted by molar-refractivity contribution is -0.340. The van der Waals surface area contributed by atoms with Crippen LogP contribution in [0.2, 0.25) is 0 Å². The Hall–Kier alpha value is -0.380. The molecule has 0 radical (unpaired) electrons. The minimum absolute atomic E-state index is 0.875. The van der Waals surface area contributed by atoms with E-state index >= 15 is 0 Å². The zero-order valence-corrected chi connectivity index (χ0v) is 13.2. The molecular formula is C17H28O3. The van der Waals surface area contributed by atoms with Crippen molar-refractivity contribution in [3.8, 4) is 0 Å². The first-order valence-electron chi connectivity index (χ1n) is 7.95. The van der Waals surface area contributed by atoms with Crippen molar-refractivity contribution in [2.45, 2.75) is 38.6 Å². The van der Waals surface area contributed by atoms with Crippen molar-refractivity contribution in [3.05, 3.63) is 12.2 Å². The Balaban J connectivity index is 0.000000135. The third kappa shape index (κ3) is 2.24. The van der Waals surface area contributed by atoms with E-state index in [1.165, 1.54) is 27.8 Å². The van der Waals surface area contributed by atoms with Gasteiger partial charge in [0.05, 0.1) is 0 Å². The summed E-state index contributed by atoms with van der Waals surface area (Å²) in [4.78, 5) is 0. The number of methoxy groups -OCH3 is 3. The summed E-state index contributed by atoms with van der Waals surface area (Å²) in [6.07, 6.45) is 11.3. The van der Waals surface area contributed by atoms with Gasteiger partial charge in [0.25, 0.3) is 5.97 Å². The third-order valence-corrected chi connectivity index (χ3v) is 6.30. The summed E-state index contributed by atoms with van der Waals surface area (Å²) in [6, 6.07) is 0. The molecule has 3 nitrogen and oxygen atoms in total. The Bertz CT molecular complexity index is 342. The summed E-state index contributed by atoms with van der Waals surface area (Å²) < 4.78 is 14.4. The number of rotatable bonds is 3. The molecule has 0 spiro atoms. The van der Waals surface area contributed by atoms with Crippen LogP contribution in [0.4, 0.5) is 0 Å². The fraction of sp³-hybridized carbons (Fsp3) is 0.882. The van der Waals surface area contributed by atoms with Crippen LogP contribution in [0.3, 0.4) is 0 Å². The van der Waals surface area contributed by atoms with Crippen LogP contribution >= 0.6 is 0 Å². The first-order valence-corrected chi connectivity index (χ1v) is 7.95. The van der Waals surface area contributed by atoms with Crippen LogP contribution in [0.25, 0.3) is 0 Å². The number of allylic oxidation sites excluding steroid dienone is 2. The lowest BCUT2D eigenvalue weighted by atomic mass is 9.73. The highest BCUT2D eigenvalue weighted by atomic mass is 16.9. The molecule has 0 N–H and O–H groups in total. The van der Waals surface area contributed by atoms with E-state index in [0.29, 0.717) is 0 Å². The molecule has 20 heavy (non-hydrogen) atoms. The molecule has 114 valence electrons. The second-order valence-electron chi connectivity index (χ2n) is 6.91. The standard InChI is InChI=1S/C12H16.C5H12O3/c1-2-8-5-7(1)11-9-3-4-10(6-9)12(8)11;1-5(6-2,7-3)8-4/h1-2,7-12H,3-6H2;1-4H3. The summed E-state index contributed by atoms with van der Waals surface area (Å²) in [6.45, 7) is 1.69. The van der Waals surface area contributed by atoms with E-state index in [-0.39, 0.29) is 0 Å². The molecule has 6 atom stereocenters.